The average molecular weight is 249 g/mol. The molecule has 0 saturated heterocycles. The van der Waals surface area contributed by atoms with Gasteiger partial charge in [-0.25, -0.2) is 0 Å². The summed E-state index contributed by atoms with van der Waals surface area (Å²) in [4.78, 5) is 10.6. The molecular formula is C11H11N3O2S. The first kappa shape index (κ1) is 11.5. The molecule has 17 heavy (non-hydrogen) atoms. The summed E-state index contributed by atoms with van der Waals surface area (Å²) < 4.78 is 2.22. The molecule has 2 N–H and O–H groups in total. The van der Waals surface area contributed by atoms with Crippen LogP contribution in [0.3, 0.4) is 0 Å². The molecule has 88 valence electrons. The number of rotatable bonds is 4. The Bertz CT molecular complexity index is 574. The van der Waals surface area contributed by atoms with Crippen molar-refractivity contribution in [3.63, 3.8) is 0 Å². The topological polar surface area (TPSA) is 70.9 Å². The van der Waals surface area contributed by atoms with Gasteiger partial charge in [-0.2, -0.15) is 5.10 Å². The highest BCUT2D eigenvalue weighted by atomic mass is 32.1. The first-order chi connectivity index (χ1) is 8.18. The van der Waals surface area contributed by atoms with E-state index in [0.717, 1.165) is 5.69 Å². The van der Waals surface area contributed by atoms with Crippen LogP contribution < -0.4 is 0 Å². The van der Waals surface area contributed by atoms with E-state index >= 15 is 0 Å². The van der Waals surface area contributed by atoms with Crippen LogP contribution in [0.5, 0.6) is 0 Å². The van der Waals surface area contributed by atoms with Crippen LogP contribution in [0.4, 0.5) is 0 Å². The van der Waals surface area contributed by atoms with Crippen LogP contribution in [0.1, 0.15) is 12.2 Å². The molecule has 0 aliphatic heterocycles. The number of hydrogen-bond acceptors (Lipinski definition) is 3. The van der Waals surface area contributed by atoms with Crippen molar-refractivity contribution >= 4 is 18.2 Å². The maximum absolute atomic E-state index is 10.6. The number of aromatic nitrogens is 3. The van der Waals surface area contributed by atoms with Crippen LogP contribution in [0.2, 0.25) is 0 Å². The molecule has 0 radical (unpaired) electrons. The fraction of sp³-hybridized carbons (Fsp3) is 0.182. The Morgan fingerprint density at radius 1 is 1.41 bits per heavy atom. The maximum Gasteiger partial charge on any atom is 0.303 e. The van der Waals surface area contributed by atoms with Gasteiger partial charge in [0.2, 0.25) is 0 Å². The van der Waals surface area contributed by atoms with Crippen LogP contribution >= 0.6 is 12.2 Å². The molecule has 6 heteroatoms. The summed E-state index contributed by atoms with van der Waals surface area (Å²) in [6.07, 6.45) is 0.379. The van der Waals surface area contributed by atoms with Crippen molar-refractivity contribution in [1.29, 1.82) is 0 Å². The number of nitrogens with zero attached hydrogens (tertiary/aromatic N) is 2. The van der Waals surface area contributed by atoms with Crippen LogP contribution in [0, 0.1) is 4.77 Å². The normalized spacial score (nSPS) is 10.4. The molecule has 1 aromatic carbocycles. The van der Waals surface area contributed by atoms with Gasteiger partial charge in [0.25, 0.3) is 0 Å². The van der Waals surface area contributed by atoms with E-state index in [0.29, 0.717) is 17.0 Å². The largest absolute Gasteiger partial charge is 0.481 e. The molecule has 2 aromatic rings. The third-order valence-corrected chi connectivity index (χ3v) is 2.59. The minimum Gasteiger partial charge on any atom is -0.481 e. The fourth-order valence-electron chi connectivity index (χ4n) is 1.56. The Morgan fingerprint density at radius 2 is 2.12 bits per heavy atom. The van der Waals surface area contributed by atoms with Gasteiger partial charge in [0.15, 0.2) is 4.77 Å². The lowest BCUT2D eigenvalue weighted by Gasteiger charge is -2.05. The average Bonchev–Trinajstić information content (AvgIpc) is 2.69. The maximum atomic E-state index is 10.6. The monoisotopic (exact) mass is 249 g/mol. The van der Waals surface area contributed by atoms with Crippen molar-refractivity contribution in [2.75, 3.05) is 0 Å². The van der Waals surface area contributed by atoms with Crippen LogP contribution in [-0.2, 0) is 11.2 Å². The highest BCUT2D eigenvalue weighted by molar-refractivity contribution is 7.71. The first-order valence-corrected chi connectivity index (χ1v) is 5.53. The van der Waals surface area contributed by atoms with Crippen LogP contribution in [0.15, 0.2) is 30.3 Å². The smallest absolute Gasteiger partial charge is 0.303 e. The minimum absolute atomic E-state index is 0.0342. The highest BCUT2D eigenvalue weighted by Crippen LogP contribution is 2.11. The molecule has 0 unspecified atom stereocenters. The molecule has 0 saturated carbocycles. The van der Waals surface area contributed by atoms with E-state index in [2.05, 4.69) is 10.2 Å². The first-order valence-electron chi connectivity index (χ1n) is 5.12. The van der Waals surface area contributed by atoms with Crippen molar-refractivity contribution in [2.24, 2.45) is 0 Å². The summed E-state index contributed by atoms with van der Waals surface area (Å²) in [6, 6.07) is 9.49. The fourth-order valence-corrected chi connectivity index (χ4v) is 1.82. The van der Waals surface area contributed by atoms with Gasteiger partial charge in [-0.15, -0.1) is 0 Å². The Morgan fingerprint density at radius 3 is 2.76 bits per heavy atom. The number of hydrogen-bond donors (Lipinski definition) is 2. The molecular weight excluding hydrogens is 238 g/mol. The van der Waals surface area contributed by atoms with Gasteiger partial charge < -0.3 is 5.11 Å². The highest BCUT2D eigenvalue weighted by Gasteiger charge is 2.09. The molecule has 2 rings (SSSR count). The second-order valence-electron chi connectivity index (χ2n) is 3.51. The number of para-hydroxylation sites is 1. The number of benzene rings is 1. The van der Waals surface area contributed by atoms with E-state index < -0.39 is 5.97 Å². The third-order valence-electron chi connectivity index (χ3n) is 2.32. The van der Waals surface area contributed by atoms with Crippen molar-refractivity contribution in [3.05, 3.63) is 40.9 Å². The van der Waals surface area contributed by atoms with E-state index in [1.54, 1.807) is 4.57 Å². The zero-order valence-corrected chi connectivity index (χ0v) is 9.78. The molecule has 0 fully saturated rings. The van der Waals surface area contributed by atoms with Crippen LogP contribution in [0.25, 0.3) is 5.69 Å². The van der Waals surface area contributed by atoms with Gasteiger partial charge in [-0.05, 0) is 24.4 Å². The Balaban J connectivity index is 2.37. The predicted molar refractivity (Wildman–Crippen MR) is 64.7 cm³/mol. The van der Waals surface area contributed by atoms with Gasteiger partial charge in [0, 0.05) is 12.1 Å². The van der Waals surface area contributed by atoms with Gasteiger partial charge in [-0.3, -0.25) is 14.5 Å². The number of aryl methyl sites for hydroxylation is 1. The molecule has 5 nitrogen and oxygen atoms in total. The number of aromatic amines is 1. The summed E-state index contributed by atoms with van der Waals surface area (Å²) in [6.45, 7) is 0. The second-order valence-corrected chi connectivity index (χ2v) is 3.90. The van der Waals surface area contributed by atoms with Gasteiger partial charge in [0.05, 0.1) is 6.42 Å². The van der Waals surface area contributed by atoms with Crippen molar-refractivity contribution in [2.45, 2.75) is 12.8 Å². The third kappa shape index (κ3) is 2.59. The predicted octanol–water partition coefficient (Wildman–Crippen LogP) is 1.95. The SMILES string of the molecule is O=C(O)CCc1n[nH]c(=S)n1-c1ccccc1. The van der Waals surface area contributed by atoms with Crippen molar-refractivity contribution in [3.8, 4) is 5.69 Å². The number of aliphatic carboxylic acids is 1. The molecule has 0 bridgehead atoms. The summed E-state index contributed by atoms with van der Waals surface area (Å²) in [5.41, 5.74) is 0.881. The molecule has 0 amide bonds. The zero-order chi connectivity index (χ0) is 12.3. The van der Waals surface area contributed by atoms with Gasteiger partial charge in [0.1, 0.15) is 5.82 Å². The van der Waals surface area contributed by atoms with Crippen molar-refractivity contribution in [1.82, 2.24) is 14.8 Å². The Hall–Kier alpha value is -1.95. The molecule has 1 heterocycles. The standard InChI is InChI=1S/C11H11N3O2S/c15-10(16)7-6-9-12-13-11(17)14(9)8-4-2-1-3-5-8/h1-5H,6-7H2,(H,13,17)(H,15,16). The molecule has 0 spiro atoms. The number of nitrogens with one attached hydrogen (secondary N) is 1. The Kier molecular flexibility index (Phi) is 3.34. The summed E-state index contributed by atoms with van der Waals surface area (Å²) in [5, 5.41) is 15.4. The van der Waals surface area contributed by atoms with E-state index in [9.17, 15) is 4.79 Å². The zero-order valence-electron chi connectivity index (χ0n) is 8.96. The molecule has 0 aliphatic rings. The van der Waals surface area contributed by atoms with E-state index in [1.807, 2.05) is 30.3 Å². The lowest BCUT2D eigenvalue weighted by Crippen LogP contribution is -2.05. The molecule has 0 aliphatic carbocycles. The Labute approximate surface area is 103 Å². The van der Waals surface area contributed by atoms with Crippen molar-refractivity contribution < 1.29 is 9.90 Å². The summed E-state index contributed by atoms with van der Waals surface area (Å²) >= 11 is 5.13. The lowest BCUT2D eigenvalue weighted by atomic mass is 10.2. The lowest BCUT2D eigenvalue weighted by molar-refractivity contribution is -0.137. The van der Waals surface area contributed by atoms with Gasteiger partial charge >= 0.3 is 5.97 Å². The number of carbonyl (C=O) groups is 1. The second kappa shape index (κ2) is 4.92. The number of carboxylic acids is 1. The van der Waals surface area contributed by atoms with E-state index in [4.69, 9.17) is 17.3 Å². The quantitative estimate of drug-likeness (QED) is 0.812. The summed E-state index contributed by atoms with van der Waals surface area (Å²) in [5.74, 6) is -0.220. The molecule has 1 aromatic heterocycles. The number of carboxylic acid groups (broad SMARTS) is 1. The van der Waals surface area contributed by atoms with Crippen LogP contribution in [-0.4, -0.2) is 25.8 Å². The summed E-state index contributed by atoms with van der Waals surface area (Å²) in [7, 11) is 0. The minimum atomic E-state index is -0.849. The number of H-pyrrole nitrogens is 1. The van der Waals surface area contributed by atoms with E-state index in [1.165, 1.54) is 0 Å². The van der Waals surface area contributed by atoms with E-state index in [-0.39, 0.29) is 6.42 Å². The van der Waals surface area contributed by atoms with Gasteiger partial charge in [-0.1, -0.05) is 18.2 Å². The molecule has 0 atom stereocenters.